The van der Waals surface area contributed by atoms with Gasteiger partial charge in [-0.05, 0) is 30.9 Å². The van der Waals surface area contributed by atoms with E-state index in [0.29, 0.717) is 11.5 Å². The highest BCUT2D eigenvalue weighted by Crippen LogP contribution is 2.40. The first-order valence-corrected chi connectivity index (χ1v) is 7.97. The van der Waals surface area contributed by atoms with Gasteiger partial charge < -0.3 is 20.2 Å². The molecule has 1 aliphatic rings. The number of nitro groups is 1. The Hall–Kier alpha value is -3.16. The molecule has 8 nitrogen and oxygen atoms in total. The summed E-state index contributed by atoms with van der Waals surface area (Å²) in [6, 6.07) is 11.3. The first-order chi connectivity index (χ1) is 11.9. The molecule has 3 aromatic rings. The van der Waals surface area contributed by atoms with Gasteiger partial charge in [-0.25, -0.2) is 4.98 Å². The summed E-state index contributed by atoms with van der Waals surface area (Å²) >= 11 is 0. The van der Waals surface area contributed by atoms with Crippen molar-refractivity contribution in [3.8, 4) is 5.75 Å². The predicted octanol–water partition coefficient (Wildman–Crippen LogP) is 3.35. The Morgan fingerprint density at radius 2 is 2.12 bits per heavy atom. The van der Waals surface area contributed by atoms with Crippen LogP contribution in [-0.4, -0.2) is 25.1 Å². The lowest BCUT2D eigenvalue weighted by atomic mass is 9.90. The standard InChI is InChI=1S/C17H17N5O3/c1-17(2)9-12(11-5-3-4-6-13(11)25-17)19-14-7-8-15-18-10-16(22(23)24)21(15)20-14/h3-8,10,12H,9H2,1-2H3,(H,19,20). The fourth-order valence-corrected chi connectivity index (χ4v) is 3.17. The quantitative estimate of drug-likeness (QED) is 0.581. The van der Waals surface area contributed by atoms with E-state index in [1.165, 1.54) is 10.7 Å². The zero-order chi connectivity index (χ0) is 17.6. The Balaban J connectivity index is 1.71. The van der Waals surface area contributed by atoms with E-state index in [2.05, 4.69) is 15.4 Å². The summed E-state index contributed by atoms with van der Waals surface area (Å²) in [6.45, 7) is 4.07. The van der Waals surface area contributed by atoms with E-state index < -0.39 is 4.92 Å². The third-order valence-electron chi connectivity index (χ3n) is 4.23. The number of anilines is 1. The molecule has 0 saturated carbocycles. The third-order valence-corrected chi connectivity index (χ3v) is 4.23. The molecular weight excluding hydrogens is 322 g/mol. The van der Waals surface area contributed by atoms with Gasteiger partial charge in [-0.3, -0.25) is 0 Å². The third kappa shape index (κ3) is 2.75. The van der Waals surface area contributed by atoms with E-state index in [4.69, 9.17) is 4.74 Å². The summed E-state index contributed by atoms with van der Waals surface area (Å²) in [5.41, 5.74) is 1.16. The summed E-state index contributed by atoms with van der Waals surface area (Å²) < 4.78 is 7.27. The molecule has 1 N–H and O–H groups in total. The monoisotopic (exact) mass is 339 g/mol. The van der Waals surface area contributed by atoms with E-state index in [1.54, 1.807) is 12.1 Å². The zero-order valence-electron chi connectivity index (χ0n) is 13.8. The Labute approximate surface area is 143 Å². The number of para-hydroxylation sites is 1. The van der Waals surface area contributed by atoms with Gasteiger partial charge in [0, 0.05) is 18.1 Å². The van der Waals surface area contributed by atoms with Crippen molar-refractivity contribution >= 4 is 17.3 Å². The van der Waals surface area contributed by atoms with Gasteiger partial charge in [-0.2, -0.15) is 0 Å². The molecule has 1 unspecified atom stereocenters. The first kappa shape index (κ1) is 15.4. The molecule has 0 spiro atoms. The average molecular weight is 339 g/mol. The van der Waals surface area contributed by atoms with Crippen LogP contribution in [0, 0.1) is 10.1 Å². The van der Waals surface area contributed by atoms with Crippen LogP contribution >= 0.6 is 0 Å². The molecule has 1 aromatic carbocycles. The molecule has 4 rings (SSSR count). The SMILES string of the molecule is CC1(C)CC(Nc2ccc3ncc([N+](=O)[O-])n3n2)c2ccccc2O1. The number of imidazole rings is 1. The van der Waals surface area contributed by atoms with Crippen LogP contribution in [-0.2, 0) is 0 Å². The summed E-state index contributed by atoms with van der Waals surface area (Å²) in [7, 11) is 0. The number of nitrogens with zero attached hydrogens (tertiary/aromatic N) is 4. The van der Waals surface area contributed by atoms with Crippen molar-refractivity contribution in [1.82, 2.24) is 14.6 Å². The molecule has 0 amide bonds. The Morgan fingerprint density at radius 3 is 2.92 bits per heavy atom. The van der Waals surface area contributed by atoms with E-state index in [-0.39, 0.29) is 17.5 Å². The van der Waals surface area contributed by atoms with Crippen LogP contribution in [0.1, 0.15) is 31.9 Å². The van der Waals surface area contributed by atoms with E-state index in [0.717, 1.165) is 17.7 Å². The van der Waals surface area contributed by atoms with Gasteiger partial charge in [0.05, 0.1) is 6.04 Å². The molecule has 0 saturated heterocycles. The topological polar surface area (TPSA) is 94.6 Å². The summed E-state index contributed by atoms with van der Waals surface area (Å²) in [4.78, 5) is 14.6. The molecule has 1 atom stereocenters. The molecule has 0 fully saturated rings. The van der Waals surface area contributed by atoms with Gasteiger partial charge in [-0.1, -0.05) is 27.8 Å². The summed E-state index contributed by atoms with van der Waals surface area (Å²) in [5.74, 6) is 1.23. The normalized spacial score (nSPS) is 18.4. The number of hydrogen-bond acceptors (Lipinski definition) is 6. The maximum Gasteiger partial charge on any atom is 0.368 e. The van der Waals surface area contributed by atoms with Crippen molar-refractivity contribution in [2.75, 3.05) is 5.32 Å². The predicted molar refractivity (Wildman–Crippen MR) is 91.8 cm³/mol. The number of fused-ring (bicyclic) bond motifs is 2. The van der Waals surface area contributed by atoms with Gasteiger partial charge >= 0.3 is 5.82 Å². The Morgan fingerprint density at radius 1 is 1.32 bits per heavy atom. The lowest BCUT2D eigenvalue weighted by Crippen LogP contribution is -2.37. The fourth-order valence-electron chi connectivity index (χ4n) is 3.17. The van der Waals surface area contributed by atoms with Gasteiger partial charge in [0.1, 0.15) is 17.5 Å². The van der Waals surface area contributed by atoms with Crippen molar-refractivity contribution in [3.05, 3.63) is 58.3 Å². The van der Waals surface area contributed by atoms with Gasteiger partial charge in [0.15, 0.2) is 5.82 Å². The number of aromatic nitrogens is 3. The lowest BCUT2D eigenvalue weighted by molar-refractivity contribution is -0.391. The average Bonchev–Trinajstić information content (AvgIpc) is 2.97. The van der Waals surface area contributed by atoms with Crippen molar-refractivity contribution in [3.63, 3.8) is 0 Å². The van der Waals surface area contributed by atoms with E-state index in [1.807, 2.05) is 38.1 Å². The summed E-state index contributed by atoms with van der Waals surface area (Å²) in [6.07, 6.45) is 1.95. The minimum Gasteiger partial charge on any atom is -0.487 e. The summed E-state index contributed by atoms with van der Waals surface area (Å²) in [5, 5.41) is 18.8. The number of ether oxygens (including phenoxy) is 1. The number of benzene rings is 1. The Kier molecular flexibility index (Phi) is 3.34. The molecule has 0 radical (unpaired) electrons. The maximum atomic E-state index is 11.1. The van der Waals surface area contributed by atoms with Crippen molar-refractivity contribution in [2.24, 2.45) is 0 Å². The molecule has 25 heavy (non-hydrogen) atoms. The molecule has 2 aromatic heterocycles. The van der Waals surface area contributed by atoms with Crippen molar-refractivity contribution in [2.45, 2.75) is 31.9 Å². The fraction of sp³-hybridized carbons (Fsp3) is 0.294. The Bertz CT molecular complexity index is 966. The highest BCUT2D eigenvalue weighted by molar-refractivity contribution is 5.50. The highest BCUT2D eigenvalue weighted by Gasteiger charge is 2.34. The molecule has 1 aliphatic heterocycles. The first-order valence-electron chi connectivity index (χ1n) is 7.97. The largest absolute Gasteiger partial charge is 0.487 e. The van der Waals surface area contributed by atoms with Gasteiger partial charge in [-0.15, -0.1) is 0 Å². The van der Waals surface area contributed by atoms with Gasteiger partial charge in [0.25, 0.3) is 0 Å². The molecule has 3 heterocycles. The molecule has 0 bridgehead atoms. The van der Waals surface area contributed by atoms with E-state index >= 15 is 0 Å². The van der Waals surface area contributed by atoms with Crippen LogP contribution in [0.2, 0.25) is 0 Å². The van der Waals surface area contributed by atoms with E-state index in [9.17, 15) is 10.1 Å². The smallest absolute Gasteiger partial charge is 0.368 e. The number of hydrogen-bond donors (Lipinski definition) is 1. The minimum atomic E-state index is -0.496. The second-order valence-electron chi connectivity index (χ2n) is 6.66. The maximum absolute atomic E-state index is 11.1. The van der Waals surface area contributed by atoms with Crippen LogP contribution in [0.15, 0.2) is 42.6 Å². The van der Waals surface area contributed by atoms with Crippen LogP contribution in [0.4, 0.5) is 11.6 Å². The molecule has 0 aliphatic carbocycles. The zero-order valence-corrected chi connectivity index (χ0v) is 13.8. The second kappa shape index (κ2) is 5.44. The second-order valence-corrected chi connectivity index (χ2v) is 6.66. The minimum absolute atomic E-state index is 0.00697. The van der Waals surface area contributed by atoms with Crippen molar-refractivity contribution in [1.29, 1.82) is 0 Å². The number of nitrogens with one attached hydrogen (secondary N) is 1. The van der Waals surface area contributed by atoms with Gasteiger partial charge in [0.2, 0.25) is 5.65 Å². The van der Waals surface area contributed by atoms with Crippen LogP contribution in [0.5, 0.6) is 5.75 Å². The van der Waals surface area contributed by atoms with Crippen LogP contribution in [0.3, 0.4) is 0 Å². The number of rotatable bonds is 3. The molecule has 128 valence electrons. The van der Waals surface area contributed by atoms with Crippen LogP contribution < -0.4 is 10.1 Å². The molecule has 8 heteroatoms. The lowest BCUT2D eigenvalue weighted by Gasteiger charge is -2.37. The van der Waals surface area contributed by atoms with Crippen molar-refractivity contribution < 1.29 is 9.66 Å². The molecular formula is C17H17N5O3. The van der Waals surface area contributed by atoms with Crippen LogP contribution in [0.25, 0.3) is 5.65 Å². The highest BCUT2D eigenvalue weighted by atomic mass is 16.6.